The van der Waals surface area contributed by atoms with Gasteiger partial charge in [0.05, 0.1) is 6.10 Å². The third kappa shape index (κ3) is 1.60. The van der Waals surface area contributed by atoms with Crippen molar-refractivity contribution in [2.45, 2.75) is 25.4 Å². The van der Waals surface area contributed by atoms with Crippen LogP contribution in [0.3, 0.4) is 0 Å². The highest BCUT2D eigenvalue weighted by Gasteiger charge is 2.29. The van der Waals surface area contributed by atoms with Gasteiger partial charge in [-0.2, -0.15) is 0 Å². The summed E-state index contributed by atoms with van der Waals surface area (Å²) in [4.78, 5) is 0. The van der Waals surface area contributed by atoms with Crippen LogP contribution in [0, 0.1) is 5.92 Å². The van der Waals surface area contributed by atoms with Gasteiger partial charge in [0.1, 0.15) is 0 Å². The molecule has 1 aromatic rings. The lowest BCUT2D eigenvalue weighted by Gasteiger charge is -2.13. The summed E-state index contributed by atoms with van der Waals surface area (Å²) in [6.07, 6.45) is 4.72. The van der Waals surface area contributed by atoms with Crippen LogP contribution in [0.5, 0.6) is 0 Å². The van der Waals surface area contributed by atoms with E-state index in [4.69, 9.17) is 0 Å². The Labute approximate surface area is 85.1 Å². The van der Waals surface area contributed by atoms with Crippen LogP contribution in [0.15, 0.2) is 36.9 Å². The number of fused-ring (bicyclic) bond motifs is 1. The van der Waals surface area contributed by atoms with Gasteiger partial charge in [0.15, 0.2) is 0 Å². The molecule has 0 saturated heterocycles. The van der Waals surface area contributed by atoms with Crippen molar-refractivity contribution in [2.24, 2.45) is 5.92 Å². The first-order valence-electron chi connectivity index (χ1n) is 5.19. The molecule has 0 saturated carbocycles. The lowest BCUT2D eigenvalue weighted by Crippen LogP contribution is -2.06. The van der Waals surface area contributed by atoms with E-state index < -0.39 is 0 Å². The van der Waals surface area contributed by atoms with Crippen LogP contribution in [0.4, 0.5) is 0 Å². The van der Waals surface area contributed by atoms with Gasteiger partial charge in [-0.1, -0.05) is 30.3 Å². The molecule has 0 heterocycles. The fourth-order valence-corrected chi connectivity index (χ4v) is 2.25. The van der Waals surface area contributed by atoms with E-state index in [1.54, 1.807) is 0 Å². The molecule has 14 heavy (non-hydrogen) atoms. The largest absolute Gasteiger partial charge is 0.388 e. The zero-order valence-corrected chi connectivity index (χ0v) is 8.32. The molecule has 74 valence electrons. The molecule has 1 heteroatoms. The van der Waals surface area contributed by atoms with Crippen LogP contribution >= 0.6 is 0 Å². The Morgan fingerprint density at radius 3 is 2.93 bits per heavy atom. The van der Waals surface area contributed by atoms with Crippen LogP contribution in [-0.2, 0) is 6.42 Å². The maximum atomic E-state index is 10.0. The maximum absolute atomic E-state index is 10.0. The van der Waals surface area contributed by atoms with Crippen LogP contribution in [0.1, 0.15) is 30.1 Å². The Morgan fingerprint density at radius 1 is 1.43 bits per heavy atom. The van der Waals surface area contributed by atoms with Gasteiger partial charge in [0.2, 0.25) is 0 Å². The molecule has 1 N–H and O–H groups in total. The van der Waals surface area contributed by atoms with Gasteiger partial charge in [-0.25, -0.2) is 0 Å². The molecule has 1 aliphatic rings. The molecule has 0 aliphatic heterocycles. The molecule has 0 aromatic heterocycles. The first kappa shape index (κ1) is 9.47. The molecule has 0 bridgehead atoms. The van der Waals surface area contributed by atoms with E-state index in [1.807, 2.05) is 24.3 Å². The minimum Gasteiger partial charge on any atom is -0.388 e. The SMILES string of the molecule is C=CCCC1Cc2ccccc2C1O. The van der Waals surface area contributed by atoms with Gasteiger partial charge in [-0.05, 0) is 36.3 Å². The summed E-state index contributed by atoms with van der Waals surface area (Å²) in [7, 11) is 0. The second kappa shape index (κ2) is 3.97. The number of hydrogen-bond acceptors (Lipinski definition) is 1. The van der Waals surface area contributed by atoms with Crippen molar-refractivity contribution in [3.8, 4) is 0 Å². The summed E-state index contributed by atoms with van der Waals surface area (Å²) in [6, 6.07) is 8.19. The molecule has 0 radical (unpaired) electrons. The van der Waals surface area contributed by atoms with Crippen LogP contribution in [-0.4, -0.2) is 5.11 Å². The molecule has 2 unspecified atom stereocenters. The summed E-state index contributed by atoms with van der Waals surface area (Å²) < 4.78 is 0. The quantitative estimate of drug-likeness (QED) is 0.723. The third-order valence-electron chi connectivity index (χ3n) is 3.04. The lowest BCUT2D eigenvalue weighted by molar-refractivity contribution is 0.119. The van der Waals surface area contributed by atoms with E-state index in [1.165, 1.54) is 5.56 Å². The second-order valence-electron chi connectivity index (χ2n) is 3.97. The van der Waals surface area contributed by atoms with Crippen molar-refractivity contribution in [1.29, 1.82) is 0 Å². The molecule has 0 spiro atoms. The van der Waals surface area contributed by atoms with Gasteiger partial charge < -0.3 is 5.11 Å². The Balaban J connectivity index is 2.13. The Bertz CT molecular complexity index is 330. The minimum atomic E-state index is -0.258. The van der Waals surface area contributed by atoms with Gasteiger partial charge >= 0.3 is 0 Å². The zero-order valence-electron chi connectivity index (χ0n) is 8.32. The monoisotopic (exact) mass is 188 g/mol. The summed E-state index contributed by atoms with van der Waals surface area (Å²) in [5.41, 5.74) is 2.44. The van der Waals surface area contributed by atoms with Gasteiger partial charge in [-0.3, -0.25) is 0 Å². The molecular formula is C13H16O. The summed E-state index contributed by atoms with van der Waals surface area (Å²) >= 11 is 0. The molecule has 1 nitrogen and oxygen atoms in total. The smallest absolute Gasteiger partial charge is 0.0824 e. The van der Waals surface area contributed by atoms with Crippen molar-refractivity contribution < 1.29 is 5.11 Å². The average molecular weight is 188 g/mol. The van der Waals surface area contributed by atoms with Crippen LogP contribution < -0.4 is 0 Å². The summed E-state index contributed by atoms with van der Waals surface area (Å²) in [5, 5.41) is 10.0. The highest BCUT2D eigenvalue weighted by atomic mass is 16.3. The molecule has 2 rings (SSSR count). The molecule has 0 fully saturated rings. The lowest BCUT2D eigenvalue weighted by atomic mass is 9.98. The van der Waals surface area contributed by atoms with E-state index in [9.17, 15) is 5.11 Å². The zero-order chi connectivity index (χ0) is 9.97. The number of allylic oxidation sites excluding steroid dienone is 1. The standard InChI is InChI=1S/C13H16O/c1-2-3-6-11-9-10-7-4-5-8-12(10)13(11)14/h2,4-5,7-8,11,13-14H,1,3,6,9H2. The van der Waals surface area contributed by atoms with E-state index in [2.05, 4.69) is 12.6 Å². The topological polar surface area (TPSA) is 20.2 Å². The second-order valence-corrected chi connectivity index (χ2v) is 3.97. The minimum absolute atomic E-state index is 0.258. The van der Waals surface area contributed by atoms with Crippen molar-refractivity contribution in [3.05, 3.63) is 48.0 Å². The predicted molar refractivity (Wildman–Crippen MR) is 58.0 cm³/mol. The molecule has 0 amide bonds. The van der Waals surface area contributed by atoms with Gasteiger partial charge in [0.25, 0.3) is 0 Å². The number of aliphatic hydroxyl groups excluding tert-OH is 1. The fourth-order valence-electron chi connectivity index (χ4n) is 2.25. The maximum Gasteiger partial charge on any atom is 0.0824 e. The van der Waals surface area contributed by atoms with E-state index >= 15 is 0 Å². The fraction of sp³-hybridized carbons (Fsp3) is 0.385. The van der Waals surface area contributed by atoms with E-state index in [-0.39, 0.29) is 6.10 Å². The molecule has 2 atom stereocenters. The van der Waals surface area contributed by atoms with Gasteiger partial charge in [-0.15, -0.1) is 6.58 Å². The Kier molecular flexibility index (Phi) is 2.69. The van der Waals surface area contributed by atoms with Crippen molar-refractivity contribution in [1.82, 2.24) is 0 Å². The highest BCUT2D eigenvalue weighted by molar-refractivity contribution is 5.34. The average Bonchev–Trinajstić information content (AvgIpc) is 2.54. The number of rotatable bonds is 3. The normalized spacial score (nSPS) is 24.6. The Morgan fingerprint density at radius 2 is 2.21 bits per heavy atom. The van der Waals surface area contributed by atoms with Crippen LogP contribution in [0.25, 0.3) is 0 Å². The number of aliphatic hydroxyl groups is 1. The number of hydrogen-bond donors (Lipinski definition) is 1. The Hall–Kier alpha value is -1.08. The van der Waals surface area contributed by atoms with Crippen molar-refractivity contribution in [2.75, 3.05) is 0 Å². The first-order valence-corrected chi connectivity index (χ1v) is 5.19. The van der Waals surface area contributed by atoms with E-state index in [0.717, 1.165) is 24.8 Å². The van der Waals surface area contributed by atoms with E-state index in [0.29, 0.717) is 5.92 Å². The molecule has 1 aliphatic carbocycles. The van der Waals surface area contributed by atoms with Crippen molar-refractivity contribution in [3.63, 3.8) is 0 Å². The van der Waals surface area contributed by atoms with Crippen LogP contribution in [0.2, 0.25) is 0 Å². The molecule has 1 aromatic carbocycles. The summed E-state index contributed by atoms with van der Waals surface area (Å²) in [5.74, 6) is 0.394. The predicted octanol–water partition coefficient (Wildman–Crippen LogP) is 2.86. The van der Waals surface area contributed by atoms with Gasteiger partial charge in [0, 0.05) is 0 Å². The van der Waals surface area contributed by atoms with Crippen molar-refractivity contribution >= 4 is 0 Å². The summed E-state index contributed by atoms with van der Waals surface area (Å²) in [6.45, 7) is 3.71. The highest BCUT2D eigenvalue weighted by Crippen LogP contribution is 2.38. The third-order valence-corrected chi connectivity index (χ3v) is 3.04. The number of benzene rings is 1. The molecular weight excluding hydrogens is 172 g/mol. The first-order chi connectivity index (χ1) is 6.83.